The highest BCUT2D eigenvalue weighted by Gasteiger charge is 2.27. The Morgan fingerprint density at radius 3 is 1.59 bits per heavy atom. The van der Waals surface area contributed by atoms with Crippen LogP contribution in [0, 0.1) is 0 Å². The molecule has 2 aromatic rings. The number of esters is 2. The van der Waals surface area contributed by atoms with Gasteiger partial charge in [0, 0.05) is 0 Å². The molecule has 0 bridgehead atoms. The molecule has 0 radical (unpaired) electrons. The van der Waals surface area contributed by atoms with Crippen molar-refractivity contribution in [1.29, 1.82) is 0 Å². The fourth-order valence-electron chi connectivity index (χ4n) is 3.03. The van der Waals surface area contributed by atoms with E-state index in [9.17, 15) is 14.7 Å². The Morgan fingerprint density at radius 2 is 1.19 bits per heavy atom. The van der Waals surface area contributed by atoms with Crippen molar-refractivity contribution < 1.29 is 28.9 Å². The first-order valence-corrected chi connectivity index (χ1v) is 8.90. The normalized spacial score (nSPS) is 19.1. The Labute approximate surface area is 157 Å². The van der Waals surface area contributed by atoms with E-state index in [1.807, 2.05) is 0 Å². The number of benzene rings is 2. The fraction of sp³-hybridized carbons (Fsp3) is 0.333. The molecule has 0 amide bonds. The minimum atomic E-state index is -0.409. The summed E-state index contributed by atoms with van der Waals surface area (Å²) in [6, 6.07) is 12.7. The van der Waals surface area contributed by atoms with Gasteiger partial charge in [-0.1, -0.05) is 0 Å². The monoisotopic (exact) mass is 370 g/mol. The maximum atomic E-state index is 12.2. The molecule has 0 aromatic heterocycles. The third-order valence-corrected chi connectivity index (χ3v) is 4.60. The zero-order chi connectivity index (χ0) is 19.2. The summed E-state index contributed by atoms with van der Waals surface area (Å²) >= 11 is 0. The quantitative estimate of drug-likeness (QED) is 0.808. The van der Waals surface area contributed by atoms with Gasteiger partial charge in [-0.25, -0.2) is 9.59 Å². The van der Waals surface area contributed by atoms with Crippen LogP contribution in [0.15, 0.2) is 48.5 Å². The van der Waals surface area contributed by atoms with Gasteiger partial charge < -0.3 is 19.3 Å². The van der Waals surface area contributed by atoms with E-state index in [2.05, 4.69) is 0 Å². The number of carbonyl (C=O) groups excluding carboxylic acids is 2. The summed E-state index contributed by atoms with van der Waals surface area (Å²) in [6.07, 6.45) is 2.21. The van der Waals surface area contributed by atoms with Crippen LogP contribution in [0.25, 0.3) is 0 Å². The van der Waals surface area contributed by atoms with Gasteiger partial charge in [0.2, 0.25) is 0 Å². The highest BCUT2D eigenvalue weighted by molar-refractivity contribution is 5.90. The summed E-state index contributed by atoms with van der Waals surface area (Å²) in [6.45, 7) is 0. The predicted octanol–water partition coefficient (Wildman–Crippen LogP) is 3.73. The second-order valence-corrected chi connectivity index (χ2v) is 6.48. The second-order valence-electron chi connectivity index (χ2n) is 6.48. The Morgan fingerprint density at radius 1 is 0.778 bits per heavy atom. The highest BCUT2D eigenvalue weighted by Crippen LogP contribution is 2.25. The van der Waals surface area contributed by atoms with Crippen LogP contribution in [0.1, 0.15) is 46.4 Å². The molecule has 1 saturated carbocycles. The lowest BCUT2D eigenvalue weighted by Crippen LogP contribution is -2.29. The zero-order valence-corrected chi connectivity index (χ0v) is 15.1. The van der Waals surface area contributed by atoms with E-state index in [-0.39, 0.29) is 23.9 Å². The van der Waals surface area contributed by atoms with Crippen LogP contribution in [0.4, 0.5) is 0 Å². The van der Waals surface area contributed by atoms with Crippen LogP contribution in [0.2, 0.25) is 0 Å². The molecular weight excluding hydrogens is 348 g/mol. The standard InChI is InChI=1S/C21H22O6/c1-25-17-8-4-15(5-9-17)21(24)27-19-12-10-18(11-13-19)26-20(23)14-2-6-16(22)7-3-14/h2-9,18-19,22H,10-13H2,1H3. The molecule has 6 nitrogen and oxygen atoms in total. The molecule has 6 heteroatoms. The number of phenols is 1. The van der Waals surface area contributed by atoms with Gasteiger partial charge in [0.25, 0.3) is 0 Å². The van der Waals surface area contributed by atoms with Crippen LogP contribution in [-0.4, -0.2) is 36.4 Å². The Balaban J connectivity index is 1.46. The molecule has 142 valence electrons. The molecule has 27 heavy (non-hydrogen) atoms. The number of hydrogen-bond donors (Lipinski definition) is 1. The first-order valence-electron chi connectivity index (χ1n) is 8.90. The van der Waals surface area contributed by atoms with Crippen molar-refractivity contribution in [1.82, 2.24) is 0 Å². The fourth-order valence-corrected chi connectivity index (χ4v) is 3.03. The van der Waals surface area contributed by atoms with E-state index in [4.69, 9.17) is 14.2 Å². The largest absolute Gasteiger partial charge is 0.508 e. The summed E-state index contributed by atoms with van der Waals surface area (Å²) in [5.74, 6) is 0.0177. The van der Waals surface area contributed by atoms with Gasteiger partial charge in [-0.2, -0.15) is 0 Å². The number of ether oxygens (including phenoxy) is 3. The summed E-state index contributed by atoms with van der Waals surface area (Å²) in [7, 11) is 1.57. The van der Waals surface area contributed by atoms with Gasteiger partial charge in [-0.05, 0) is 74.2 Å². The van der Waals surface area contributed by atoms with E-state index in [0.717, 1.165) is 0 Å². The highest BCUT2D eigenvalue weighted by atomic mass is 16.6. The van der Waals surface area contributed by atoms with Crippen LogP contribution in [0.3, 0.4) is 0 Å². The maximum absolute atomic E-state index is 12.2. The van der Waals surface area contributed by atoms with Crippen molar-refractivity contribution in [3.63, 3.8) is 0 Å². The minimum Gasteiger partial charge on any atom is -0.508 e. The molecule has 0 spiro atoms. The maximum Gasteiger partial charge on any atom is 0.338 e. The van der Waals surface area contributed by atoms with E-state index < -0.39 is 5.97 Å². The average molecular weight is 370 g/mol. The molecule has 0 saturated heterocycles. The first-order chi connectivity index (χ1) is 13.0. The average Bonchev–Trinajstić information content (AvgIpc) is 2.70. The van der Waals surface area contributed by atoms with Crippen molar-refractivity contribution in [3.05, 3.63) is 59.7 Å². The summed E-state index contributed by atoms with van der Waals surface area (Å²) in [4.78, 5) is 24.3. The number of carbonyl (C=O) groups is 2. The van der Waals surface area contributed by atoms with Gasteiger partial charge >= 0.3 is 11.9 Å². The van der Waals surface area contributed by atoms with Crippen molar-refractivity contribution in [2.75, 3.05) is 7.11 Å². The predicted molar refractivity (Wildman–Crippen MR) is 98.0 cm³/mol. The lowest BCUT2D eigenvalue weighted by Gasteiger charge is -2.28. The molecule has 2 aromatic carbocycles. The molecular formula is C21H22O6. The number of methoxy groups -OCH3 is 1. The molecule has 0 atom stereocenters. The number of phenolic OH excluding ortho intramolecular Hbond substituents is 1. The van der Waals surface area contributed by atoms with Gasteiger partial charge in [0.15, 0.2) is 0 Å². The molecule has 0 heterocycles. The number of rotatable bonds is 5. The van der Waals surface area contributed by atoms with Gasteiger partial charge in [0.05, 0.1) is 18.2 Å². The summed E-state index contributed by atoms with van der Waals surface area (Å²) in [5.41, 5.74) is 0.887. The van der Waals surface area contributed by atoms with Crippen molar-refractivity contribution in [2.45, 2.75) is 37.9 Å². The summed E-state index contributed by atoms with van der Waals surface area (Å²) in [5, 5.41) is 9.27. The number of aromatic hydroxyl groups is 1. The van der Waals surface area contributed by atoms with Crippen LogP contribution in [0.5, 0.6) is 11.5 Å². The lowest BCUT2D eigenvalue weighted by atomic mass is 9.95. The first kappa shape index (κ1) is 18.8. The van der Waals surface area contributed by atoms with Gasteiger partial charge in [-0.15, -0.1) is 0 Å². The van der Waals surface area contributed by atoms with Crippen molar-refractivity contribution in [3.8, 4) is 11.5 Å². The topological polar surface area (TPSA) is 82.1 Å². The Kier molecular flexibility index (Phi) is 5.96. The van der Waals surface area contributed by atoms with Gasteiger partial charge in [0.1, 0.15) is 23.7 Å². The minimum absolute atomic E-state index is 0.103. The SMILES string of the molecule is COc1ccc(C(=O)OC2CCC(OC(=O)c3ccc(O)cc3)CC2)cc1. The Hall–Kier alpha value is -3.02. The second kappa shape index (κ2) is 8.58. The number of hydrogen-bond acceptors (Lipinski definition) is 6. The van der Waals surface area contributed by atoms with Crippen molar-refractivity contribution in [2.24, 2.45) is 0 Å². The lowest BCUT2D eigenvalue weighted by molar-refractivity contribution is -0.0108. The summed E-state index contributed by atoms with van der Waals surface area (Å²) < 4.78 is 16.1. The van der Waals surface area contributed by atoms with Crippen LogP contribution < -0.4 is 4.74 Å². The van der Waals surface area contributed by atoms with Crippen LogP contribution >= 0.6 is 0 Å². The molecule has 3 rings (SSSR count). The molecule has 1 aliphatic rings. The van der Waals surface area contributed by atoms with Crippen molar-refractivity contribution >= 4 is 11.9 Å². The van der Waals surface area contributed by atoms with E-state index in [0.29, 0.717) is 42.6 Å². The third kappa shape index (κ3) is 5.00. The van der Waals surface area contributed by atoms with Crippen LogP contribution in [-0.2, 0) is 9.47 Å². The Bertz CT molecular complexity index is 773. The van der Waals surface area contributed by atoms with Gasteiger partial charge in [-0.3, -0.25) is 0 Å². The van der Waals surface area contributed by atoms with E-state index in [1.54, 1.807) is 31.4 Å². The molecule has 1 aliphatic carbocycles. The molecule has 0 aliphatic heterocycles. The molecule has 1 N–H and O–H groups in total. The third-order valence-electron chi connectivity index (χ3n) is 4.60. The molecule has 0 unspecified atom stereocenters. The zero-order valence-electron chi connectivity index (χ0n) is 15.1. The van der Waals surface area contributed by atoms with E-state index in [1.165, 1.54) is 24.3 Å². The molecule has 1 fully saturated rings. The smallest absolute Gasteiger partial charge is 0.338 e. The van der Waals surface area contributed by atoms with E-state index >= 15 is 0 Å².